The van der Waals surface area contributed by atoms with E-state index in [9.17, 15) is 13.4 Å². The molecule has 2 aromatic carbocycles. The van der Waals surface area contributed by atoms with E-state index in [1.807, 2.05) is 6.08 Å². The largest absolute Gasteiger partial charge is 0.456 e. The van der Waals surface area contributed by atoms with Crippen LogP contribution in [0.3, 0.4) is 0 Å². The van der Waals surface area contributed by atoms with Crippen LogP contribution in [0.1, 0.15) is 16.7 Å². The van der Waals surface area contributed by atoms with E-state index in [1.54, 1.807) is 64.0 Å². The van der Waals surface area contributed by atoms with Gasteiger partial charge >= 0.3 is 0 Å². The number of halogens is 1. The van der Waals surface area contributed by atoms with Crippen molar-refractivity contribution in [3.8, 4) is 11.5 Å². The van der Waals surface area contributed by atoms with Crippen LogP contribution in [0.2, 0.25) is 0 Å². The topological polar surface area (TPSA) is 71.3 Å². The molecular formula is C24H24FN3O3S. The first kappa shape index (κ1) is 22.0. The van der Waals surface area contributed by atoms with E-state index >= 15 is 0 Å². The number of allylic oxidation sites excluding steroid dienone is 2. The summed E-state index contributed by atoms with van der Waals surface area (Å²) in [7, 11) is -0.707. The highest BCUT2D eigenvalue weighted by Gasteiger charge is 2.35. The number of ether oxygens (including phenoxy) is 1. The van der Waals surface area contributed by atoms with Gasteiger partial charge in [0, 0.05) is 47.3 Å². The molecule has 0 bridgehead atoms. The van der Waals surface area contributed by atoms with Gasteiger partial charge < -0.3 is 9.64 Å². The van der Waals surface area contributed by atoms with Gasteiger partial charge in [0.15, 0.2) is 0 Å². The lowest BCUT2D eigenvalue weighted by Crippen LogP contribution is -2.37. The Kier molecular flexibility index (Phi) is 5.50. The van der Waals surface area contributed by atoms with Gasteiger partial charge in [0.1, 0.15) is 23.0 Å². The minimum atomic E-state index is -2.38. The lowest BCUT2D eigenvalue weighted by molar-refractivity contribution is -0.121. The third-order valence-corrected chi connectivity index (χ3v) is 5.88. The molecule has 4 rings (SSSR count). The summed E-state index contributed by atoms with van der Waals surface area (Å²) in [5.74, 6) is 0.272. The summed E-state index contributed by atoms with van der Waals surface area (Å²) in [6.07, 6.45) is 8.38. The number of carbonyl (C=O) groups excluding carboxylic acids is 1. The minimum absolute atomic E-state index is 0.164. The molecule has 2 aromatic rings. The average Bonchev–Trinajstić information content (AvgIpc) is 3.17. The molecule has 166 valence electrons. The number of aliphatic imine (C=N–C) groups is 1. The van der Waals surface area contributed by atoms with Crippen molar-refractivity contribution in [3.63, 3.8) is 0 Å². The molecule has 2 heterocycles. The summed E-state index contributed by atoms with van der Waals surface area (Å²) in [5, 5.41) is 0. The van der Waals surface area contributed by atoms with E-state index < -0.39 is 9.73 Å². The molecule has 8 heteroatoms. The van der Waals surface area contributed by atoms with Crippen LogP contribution < -0.4 is 4.74 Å². The van der Waals surface area contributed by atoms with E-state index in [0.717, 1.165) is 5.57 Å². The van der Waals surface area contributed by atoms with Gasteiger partial charge in [0.2, 0.25) is 0 Å². The molecule has 0 N–H and O–H groups in total. The fraction of sp³-hybridized carbons (Fsp3) is 0.250. The van der Waals surface area contributed by atoms with Gasteiger partial charge in [0.05, 0.1) is 11.6 Å². The first-order valence-electron chi connectivity index (χ1n) is 10.0. The zero-order valence-electron chi connectivity index (χ0n) is 18.5. The zero-order chi connectivity index (χ0) is 23.2. The number of hydrogen-bond donors (Lipinski definition) is 0. The van der Waals surface area contributed by atoms with Crippen LogP contribution in [-0.4, -0.2) is 40.3 Å². The number of rotatable bonds is 4. The van der Waals surface area contributed by atoms with Crippen LogP contribution in [0.25, 0.3) is 5.57 Å². The molecule has 0 aliphatic carbocycles. The van der Waals surface area contributed by atoms with Crippen LogP contribution >= 0.6 is 0 Å². The second-order valence-electron chi connectivity index (χ2n) is 8.26. The van der Waals surface area contributed by atoms with Crippen molar-refractivity contribution in [2.24, 2.45) is 15.3 Å². The first-order valence-corrected chi connectivity index (χ1v) is 12.4. The van der Waals surface area contributed by atoms with E-state index in [0.29, 0.717) is 39.6 Å². The van der Waals surface area contributed by atoms with Crippen LogP contribution in [0.15, 0.2) is 58.2 Å². The molecule has 1 unspecified atom stereocenters. The van der Waals surface area contributed by atoms with Gasteiger partial charge in [-0.25, -0.2) is 8.60 Å². The molecule has 1 atom stereocenters. The Labute approximate surface area is 187 Å². The Morgan fingerprint density at radius 2 is 1.84 bits per heavy atom. The molecule has 2 aliphatic heterocycles. The highest BCUT2D eigenvalue weighted by Crippen LogP contribution is 2.42. The normalized spacial score (nSPS) is 17.8. The summed E-state index contributed by atoms with van der Waals surface area (Å²) < 4.78 is 36.7. The van der Waals surface area contributed by atoms with Crippen molar-refractivity contribution in [1.82, 2.24) is 4.90 Å². The Morgan fingerprint density at radius 1 is 1.16 bits per heavy atom. The van der Waals surface area contributed by atoms with Crippen LogP contribution in [0.4, 0.5) is 10.1 Å². The van der Waals surface area contributed by atoms with Crippen molar-refractivity contribution in [2.45, 2.75) is 13.8 Å². The standard InChI is InChI=1S/C24H24FN3O3S/c1-14-10-16(25)11-15(2)23(14)31-21-7-6-17(27-32(4,5)30)12-19(21)20-13-28(3)24(29)22-18(20)8-9-26-22/h6-13,18H,1-5H3. The zero-order valence-corrected chi connectivity index (χ0v) is 19.4. The number of nitrogens with zero attached hydrogens (tertiary/aromatic N) is 3. The Bertz CT molecular complexity index is 1320. The fourth-order valence-corrected chi connectivity index (χ4v) is 4.52. The molecule has 0 saturated heterocycles. The van der Waals surface area contributed by atoms with Gasteiger partial charge in [-0.05, 0) is 60.9 Å². The van der Waals surface area contributed by atoms with Gasteiger partial charge in [-0.2, -0.15) is 4.36 Å². The maximum atomic E-state index is 13.8. The predicted molar refractivity (Wildman–Crippen MR) is 125 cm³/mol. The van der Waals surface area contributed by atoms with Crippen molar-refractivity contribution in [3.05, 3.63) is 71.3 Å². The second kappa shape index (κ2) is 8.02. The van der Waals surface area contributed by atoms with Crippen molar-refractivity contribution >= 4 is 32.6 Å². The number of fused-ring (bicyclic) bond motifs is 1. The Morgan fingerprint density at radius 3 is 2.50 bits per heavy atom. The quantitative estimate of drug-likeness (QED) is 0.655. The summed E-state index contributed by atoms with van der Waals surface area (Å²) in [4.78, 5) is 18.3. The molecule has 0 radical (unpaired) electrons. The van der Waals surface area contributed by atoms with Crippen molar-refractivity contribution < 1.29 is 18.1 Å². The Hall–Kier alpha value is -3.26. The van der Waals surface area contributed by atoms with Gasteiger partial charge in [-0.3, -0.25) is 9.79 Å². The molecule has 2 aliphatic rings. The summed E-state index contributed by atoms with van der Waals surface area (Å²) in [6.45, 7) is 3.57. The maximum absolute atomic E-state index is 13.8. The smallest absolute Gasteiger partial charge is 0.272 e. The molecule has 6 nitrogen and oxygen atoms in total. The van der Waals surface area contributed by atoms with Crippen LogP contribution in [-0.2, 0) is 14.5 Å². The third-order valence-electron chi connectivity index (χ3n) is 5.23. The molecule has 0 spiro atoms. The van der Waals surface area contributed by atoms with Gasteiger partial charge in [-0.15, -0.1) is 0 Å². The highest BCUT2D eigenvalue weighted by atomic mass is 32.2. The maximum Gasteiger partial charge on any atom is 0.272 e. The first-order chi connectivity index (χ1) is 15.0. The number of amides is 1. The van der Waals surface area contributed by atoms with Gasteiger partial charge in [0.25, 0.3) is 5.91 Å². The summed E-state index contributed by atoms with van der Waals surface area (Å²) >= 11 is 0. The number of benzene rings is 2. The third kappa shape index (κ3) is 4.23. The number of hydrogen-bond acceptors (Lipinski definition) is 5. The number of carbonyl (C=O) groups is 1. The lowest BCUT2D eigenvalue weighted by atomic mass is 9.86. The number of aryl methyl sites for hydroxylation is 2. The molecule has 32 heavy (non-hydrogen) atoms. The Balaban J connectivity index is 1.90. The summed E-state index contributed by atoms with van der Waals surface area (Å²) in [6, 6.07) is 8.14. The minimum Gasteiger partial charge on any atom is -0.456 e. The molecule has 0 saturated carbocycles. The molecule has 1 amide bonds. The van der Waals surface area contributed by atoms with Gasteiger partial charge in [-0.1, -0.05) is 6.08 Å². The van der Waals surface area contributed by atoms with Crippen molar-refractivity contribution in [1.29, 1.82) is 0 Å². The van der Waals surface area contributed by atoms with E-state index in [4.69, 9.17) is 4.74 Å². The average molecular weight is 454 g/mol. The highest BCUT2D eigenvalue weighted by molar-refractivity contribution is 7.92. The molecule has 0 fully saturated rings. The summed E-state index contributed by atoms with van der Waals surface area (Å²) in [5.41, 5.74) is 3.81. The van der Waals surface area contributed by atoms with E-state index in [1.165, 1.54) is 17.0 Å². The monoisotopic (exact) mass is 453 g/mol. The van der Waals surface area contributed by atoms with E-state index in [-0.39, 0.29) is 17.6 Å². The molecule has 0 aromatic heterocycles. The fourth-order valence-electron chi connectivity index (χ4n) is 3.90. The SMILES string of the molecule is Cc1cc(F)cc(C)c1Oc1ccc(N=S(C)(C)=O)cc1C1=CN(C)C(=O)C2=NC=CC12. The predicted octanol–water partition coefficient (Wildman–Crippen LogP) is 4.99. The van der Waals surface area contributed by atoms with Crippen molar-refractivity contribution in [2.75, 3.05) is 19.6 Å². The van der Waals surface area contributed by atoms with E-state index in [2.05, 4.69) is 9.36 Å². The van der Waals surface area contributed by atoms with Crippen LogP contribution in [0, 0.1) is 25.6 Å². The molecular weight excluding hydrogens is 429 g/mol. The van der Waals surface area contributed by atoms with Crippen LogP contribution in [0.5, 0.6) is 11.5 Å². The second-order valence-corrected chi connectivity index (χ2v) is 10.8. The lowest BCUT2D eigenvalue weighted by Gasteiger charge is -2.28.